The first-order chi connectivity index (χ1) is 4.43. The first kappa shape index (κ1) is 6.55. The lowest BCUT2D eigenvalue weighted by atomic mass is 10.4. The minimum Gasteiger partial charge on any atom is -0.297 e. The maximum Gasteiger partial charge on any atom is 0.0431 e. The van der Waals surface area contributed by atoms with Crippen molar-refractivity contribution in [3.63, 3.8) is 0 Å². The van der Waals surface area contributed by atoms with Crippen LogP contribution >= 0.6 is 0 Å². The number of rotatable bonds is 2. The molecule has 0 unspecified atom stereocenters. The summed E-state index contributed by atoms with van der Waals surface area (Å²) in [5, 5.41) is 5.53. The van der Waals surface area contributed by atoms with Gasteiger partial charge in [0, 0.05) is 19.3 Å². The molecule has 0 spiro atoms. The molecule has 1 heterocycles. The SMILES string of the molecule is CC=NON1CCCC1. The lowest BCUT2D eigenvalue weighted by Gasteiger charge is -2.08. The van der Waals surface area contributed by atoms with E-state index in [9.17, 15) is 0 Å². The Labute approximate surface area is 55.2 Å². The van der Waals surface area contributed by atoms with E-state index >= 15 is 0 Å². The molecule has 0 atom stereocenters. The van der Waals surface area contributed by atoms with Gasteiger partial charge in [0.1, 0.15) is 0 Å². The van der Waals surface area contributed by atoms with Gasteiger partial charge in [0.2, 0.25) is 0 Å². The molecule has 3 heteroatoms. The fourth-order valence-corrected chi connectivity index (χ4v) is 0.884. The van der Waals surface area contributed by atoms with E-state index in [-0.39, 0.29) is 0 Å². The highest BCUT2D eigenvalue weighted by atomic mass is 16.8. The molecule has 1 rings (SSSR count). The zero-order valence-electron chi connectivity index (χ0n) is 5.71. The Kier molecular flexibility index (Phi) is 2.51. The molecule has 1 aliphatic heterocycles. The second-order valence-corrected chi connectivity index (χ2v) is 2.08. The van der Waals surface area contributed by atoms with Gasteiger partial charge >= 0.3 is 0 Å². The van der Waals surface area contributed by atoms with E-state index < -0.39 is 0 Å². The van der Waals surface area contributed by atoms with Gasteiger partial charge in [-0.3, -0.25) is 4.94 Å². The number of nitrogens with zero attached hydrogens (tertiary/aromatic N) is 2. The summed E-state index contributed by atoms with van der Waals surface area (Å²) in [5.74, 6) is 0. The predicted molar refractivity (Wildman–Crippen MR) is 36.1 cm³/mol. The summed E-state index contributed by atoms with van der Waals surface area (Å²) in [6, 6.07) is 0. The molecule has 52 valence electrons. The van der Waals surface area contributed by atoms with Crippen molar-refractivity contribution < 1.29 is 4.94 Å². The molecule has 0 aromatic carbocycles. The standard InChI is InChI=1S/C6H12N2O/c1-2-7-9-8-5-3-4-6-8/h2H,3-6H2,1H3. The molecule has 0 N–H and O–H groups in total. The lowest BCUT2D eigenvalue weighted by molar-refractivity contribution is -0.141. The van der Waals surface area contributed by atoms with Gasteiger partial charge in [0.05, 0.1) is 0 Å². The third-order valence-electron chi connectivity index (χ3n) is 1.33. The van der Waals surface area contributed by atoms with E-state index in [1.807, 2.05) is 12.0 Å². The van der Waals surface area contributed by atoms with Crippen molar-refractivity contribution in [3.05, 3.63) is 0 Å². The van der Waals surface area contributed by atoms with Crippen LogP contribution in [-0.2, 0) is 4.94 Å². The molecule has 1 saturated heterocycles. The van der Waals surface area contributed by atoms with Crippen LogP contribution in [0, 0.1) is 0 Å². The van der Waals surface area contributed by atoms with Gasteiger partial charge < -0.3 is 0 Å². The Hall–Kier alpha value is -0.570. The molecule has 1 aliphatic rings. The van der Waals surface area contributed by atoms with E-state index in [4.69, 9.17) is 4.94 Å². The molecule has 3 nitrogen and oxygen atoms in total. The van der Waals surface area contributed by atoms with Crippen LogP contribution in [0.1, 0.15) is 19.8 Å². The lowest BCUT2D eigenvalue weighted by Crippen LogP contribution is -2.16. The number of hydrogen-bond acceptors (Lipinski definition) is 3. The van der Waals surface area contributed by atoms with Crippen LogP contribution in [0.5, 0.6) is 0 Å². The van der Waals surface area contributed by atoms with Gasteiger partial charge in [-0.2, -0.15) is 0 Å². The predicted octanol–water partition coefficient (Wildman–Crippen LogP) is 1.02. The summed E-state index contributed by atoms with van der Waals surface area (Å²) in [6.07, 6.45) is 4.12. The minimum atomic E-state index is 1.03. The summed E-state index contributed by atoms with van der Waals surface area (Å²) in [7, 11) is 0. The van der Waals surface area contributed by atoms with E-state index in [1.165, 1.54) is 12.8 Å². The minimum absolute atomic E-state index is 1.03. The van der Waals surface area contributed by atoms with Crippen LogP contribution in [0.4, 0.5) is 0 Å². The third kappa shape index (κ3) is 2.01. The van der Waals surface area contributed by atoms with Gasteiger partial charge in [-0.15, -0.1) is 5.06 Å². The highest BCUT2D eigenvalue weighted by Gasteiger charge is 2.11. The molecule has 0 radical (unpaired) electrons. The van der Waals surface area contributed by atoms with Gasteiger partial charge in [-0.25, -0.2) is 0 Å². The number of hydroxylamine groups is 2. The maximum atomic E-state index is 4.95. The first-order valence-electron chi connectivity index (χ1n) is 3.33. The summed E-state index contributed by atoms with van der Waals surface area (Å²) in [5.41, 5.74) is 0. The van der Waals surface area contributed by atoms with E-state index in [2.05, 4.69) is 5.16 Å². The molecule has 0 bridgehead atoms. The number of hydrogen-bond donors (Lipinski definition) is 0. The Morgan fingerprint density at radius 2 is 2.11 bits per heavy atom. The molecule has 0 aromatic rings. The summed E-state index contributed by atoms with van der Waals surface area (Å²) in [6.45, 7) is 3.89. The second-order valence-electron chi connectivity index (χ2n) is 2.08. The van der Waals surface area contributed by atoms with E-state index in [0.717, 1.165) is 13.1 Å². The number of oxime groups is 1. The molecule has 0 amide bonds. The van der Waals surface area contributed by atoms with Gasteiger partial charge in [-0.05, 0) is 19.8 Å². The van der Waals surface area contributed by atoms with Crippen molar-refractivity contribution in [3.8, 4) is 0 Å². The maximum absolute atomic E-state index is 4.95. The van der Waals surface area contributed by atoms with Crippen molar-refractivity contribution in [1.82, 2.24) is 5.06 Å². The quantitative estimate of drug-likeness (QED) is 0.409. The summed E-state index contributed by atoms with van der Waals surface area (Å²) < 4.78 is 0. The van der Waals surface area contributed by atoms with Crippen molar-refractivity contribution in [2.75, 3.05) is 13.1 Å². The Balaban J connectivity index is 2.11. The molecule has 0 aliphatic carbocycles. The Morgan fingerprint density at radius 1 is 1.44 bits per heavy atom. The normalized spacial score (nSPS) is 21.4. The average molecular weight is 128 g/mol. The fourth-order valence-electron chi connectivity index (χ4n) is 0.884. The fraction of sp³-hybridized carbons (Fsp3) is 0.833. The van der Waals surface area contributed by atoms with Crippen LogP contribution in [0.3, 0.4) is 0 Å². The molecular weight excluding hydrogens is 116 g/mol. The molecule has 9 heavy (non-hydrogen) atoms. The van der Waals surface area contributed by atoms with E-state index in [1.54, 1.807) is 6.21 Å². The van der Waals surface area contributed by atoms with Crippen LogP contribution in [0.2, 0.25) is 0 Å². The molecular formula is C6H12N2O. The van der Waals surface area contributed by atoms with Gasteiger partial charge in [-0.1, -0.05) is 5.16 Å². The Morgan fingerprint density at radius 3 is 2.67 bits per heavy atom. The summed E-state index contributed by atoms with van der Waals surface area (Å²) in [4.78, 5) is 4.95. The highest BCUT2D eigenvalue weighted by molar-refractivity contribution is 5.52. The molecule has 1 fully saturated rings. The van der Waals surface area contributed by atoms with Crippen molar-refractivity contribution in [1.29, 1.82) is 0 Å². The van der Waals surface area contributed by atoms with Crippen molar-refractivity contribution in [2.45, 2.75) is 19.8 Å². The Bertz CT molecular complexity index is 97.2. The third-order valence-corrected chi connectivity index (χ3v) is 1.33. The van der Waals surface area contributed by atoms with Crippen LogP contribution in [-0.4, -0.2) is 24.4 Å². The van der Waals surface area contributed by atoms with E-state index in [0.29, 0.717) is 0 Å². The summed E-state index contributed by atoms with van der Waals surface area (Å²) >= 11 is 0. The zero-order valence-corrected chi connectivity index (χ0v) is 5.71. The molecule has 0 aromatic heterocycles. The highest BCUT2D eigenvalue weighted by Crippen LogP contribution is 2.06. The zero-order chi connectivity index (χ0) is 6.53. The van der Waals surface area contributed by atoms with Gasteiger partial charge in [0.15, 0.2) is 0 Å². The van der Waals surface area contributed by atoms with Crippen molar-refractivity contribution >= 4 is 6.21 Å². The average Bonchev–Trinajstić information content (AvgIpc) is 2.34. The first-order valence-corrected chi connectivity index (χ1v) is 3.33. The monoisotopic (exact) mass is 128 g/mol. The van der Waals surface area contributed by atoms with Crippen LogP contribution in [0.15, 0.2) is 5.16 Å². The van der Waals surface area contributed by atoms with Gasteiger partial charge in [0.25, 0.3) is 0 Å². The van der Waals surface area contributed by atoms with Crippen LogP contribution < -0.4 is 0 Å². The topological polar surface area (TPSA) is 24.8 Å². The second kappa shape index (κ2) is 3.45. The van der Waals surface area contributed by atoms with Crippen molar-refractivity contribution in [2.24, 2.45) is 5.16 Å². The smallest absolute Gasteiger partial charge is 0.0431 e. The van der Waals surface area contributed by atoms with Crippen LogP contribution in [0.25, 0.3) is 0 Å². The largest absolute Gasteiger partial charge is 0.297 e. The molecule has 0 saturated carbocycles.